The van der Waals surface area contributed by atoms with Crippen LogP contribution in [0.5, 0.6) is 0 Å². The number of aromatic amines is 1. The van der Waals surface area contributed by atoms with Crippen LogP contribution in [0.25, 0.3) is 0 Å². The first-order valence-corrected chi connectivity index (χ1v) is 6.29. The topological polar surface area (TPSA) is 78.1 Å². The highest BCUT2D eigenvalue weighted by molar-refractivity contribution is 5.92. The van der Waals surface area contributed by atoms with Gasteiger partial charge in [-0.05, 0) is 25.5 Å². The van der Waals surface area contributed by atoms with Crippen molar-refractivity contribution in [2.24, 2.45) is 0 Å². The summed E-state index contributed by atoms with van der Waals surface area (Å²) >= 11 is 0. The maximum Gasteiger partial charge on any atom is 0.274 e. The van der Waals surface area contributed by atoms with Gasteiger partial charge in [0.2, 0.25) is 0 Å². The Balaban J connectivity index is 1.95. The standard InChI is InChI=1S/C12H18N4O2/c1-2-13-9-5-7-16(8-6-9)12(18)10-3-4-11(17)15-14-10/h3-4,9,13H,2,5-8H2,1H3,(H,15,17). The summed E-state index contributed by atoms with van der Waals surface area (Å²) in [4.78, 5) is 24.8. The molecule has 0 spiro atoms. The number of rotatable bonds is 3. The largest absolute Gasteiger partial charge is 0.337 e. The summed E-state index contributed by atoms with van der Waals surface area (Å²) in [6.45, 7) is 4.51. The maximum atomic E-state index is 12.1. The lowest BCUT2D eigenvalue weighted by Crippen LogP contribution is -2.45. The monoisotopic (exact) mass is 250 g/mol. The van der Waals surface area contributed by atoms with Crippen LogP contribution < -0.4 is 10.9 Å². The van der Waals surface area contributed by atoms with Gasteiger partial charge in [0.05, 0.1) is 0 Å². The summed E-state index contributed by atoms with van der Waals surface area (Å²) in [5.41, 5.74) is 0.00825. The molecule has 1 aromatic rings. The van der Waals surface area contributed by atoms with Gasteiger partial charge in [-0.15, -0.1) is 0 Å². The van der Waals surface area contributed by atoms with Crippen molar-refractivity contribution in [3.05, 3.63) is 28.2 Å². The summed E-state index contributed by atoms with van der Waals surface area (Å²) in [6, 6.07) is 3.30. The van der Waals surface area contributed by atoms with Crippen molar-refractivity contribution < 1.29 is 4.79 Å². The van der Waals surface area contributed by atoms with E-state index in [4.69, 9.17) is 0 Å². The second-order valence-corrected chi connectivity index (χ2v) is 4.43. The molecule has 18 heavy (non-hydrogen) atoms. The quantitative estimate of drug-likeness (QED) is 0.790. The number of hydrogen-bond donors (Lipinski definition) is 2. The molecule has 1 aromatic heterocycles. The number of H-pyrrole nitrogens is 1. The zero-order valence-electron chi connectivity index (χ0n) is 10.5. The zero-order valence-corrected chi connectivity index (χ0v) is 10.5. The average Bonchev–Trinajstić information content (AvgIpc) is 2.40. The van der Waals surface area contributed by atoms with Gasteiger partial charge in [0, 0.05) is 25.2 Å². The van der Waals surface area contributed by atoms with E-state index in [0.717, 1.165) is 32.5 Å². The van der Waals surface area contributed by atoms with Gasteiger partial charge < -0.3 is 10.2 Å². The summed E-state index contributed by atoms with van der Waals surface area (Å²) < 4.78 is 0. The fourth-order valence-corrected chi connectivity index (χ4v) is 2.20. The van der Waals surface area contributed by atoms with Crippen LogP contribution in [0.2, 0.25) is 0 Å². The number of aromatic nitrogens is 2. The summed E-state index contributed by atoms with van der Waals surface area (Å²) in [7, 11) is 0. The average molecular weight is 250 g/mol. The normalized spacial score (nSPS) is 16.8. The molecule has 0 aliphatic carbocycles. The second-order valence-electron chi connectivity index (χ2n) is 4.43. The van der Waals surface area contributed by atoms with Crippen LogP contribution in [-0.2, 0) is 0 Å². The van der Waals surface area contributed by atoms with E-state index in [0.29, 0.717) is 11.7 Å². The number of carbonyl (C=O) groups is 1. The lowest BCUT2D eigenvalue weighted by molar-refractivity contribution is 0.0698. The molecule has 1 fully saturated rings. The van der Waals surface area contributed by atoms with E-state index in [1.165, 1.54) is 12.1 Å². The van der Waals surface area contributed by atoms with Gasteiger partial charge in [-0.1, -0.05) is 6.92 Å². The van der Waals surface area contributed by atoms with Crippen LogP contribution in [0.3, 0.4) is 0 Å². The molecule has 0 saturated carbocycles. The number of amides is 1. The highest BCUT2D eigenvalue weighted by Crippen LogP contribution is 2.12. The van der Waals surface area contributed by atoms with Gasteiger partial charge in [-0.2, -0.15) is 5.10 Å². The molecule has 0 aromatic carbocycles. The Morgan fingerprint density at radius 3 is 2.78 bits per heavy atom. The molecular weight excluding hydrogens is 232 g/mol. The Labute approximate surface area is 105 Å². The first kappa shape index (κ1) is 12.8. The molecule has 0 radical (unpaired) electrons. The highest BCUT2D eigenvalue weighted by Gasteiger charge is 2.23. The molecule has 0 atom stereocenters. The first-order valence-electron chi connectivity index (χ1n) is 6.29. The van der Waals surface area contributed by atoms with Crippen molar-refractivity contribution in [3.63, 3.8) is 0 Å². The number of nitrogens with one attached hydrogen (secondary N) is 2. The molecule has 98 valence electrons. The van der Waals surface area contributed by atoms with Crippen molar-refractivity contribution >= 4 is 5.91 Å². The molecule has 1 aliphatic heterocycles. The van der Waals surface area contributed by atoms with Gasteiger partial charge in [0.25, 0.3) is 11.5 Å². The molecule has 6 nitrogen and oxygen atoms in total. The molecule has 1 amide bonds. The van der Waals surface area contributed by atoms with E-state index in [9.17, 15) is 9.59 Å². The van der Waals surface area contributed by atoms with Crippen molar-refractivity contribution in [1.29, 1.82) is 0 Å². The van der Waals surface area contributed by atoms with Crippen LogP contribution in [0, 0.1) is 0 Å². The lowest BCUT2D eigenvalue weighted by Gasteiger charge is -2.32. The van der Waals surface area contributed by atoms with E-state index in [1.54, 1.807) is 4.90 Å². The Morgan fingerprint density at radius 1 is 1.50 bits per heavy atom. The minimum absolute atomic E-state index is 0.110. The van der Waals surface area contributed by atoms with E-state index >= 15 is 0 Å². The minimum atomic E-state index is -0.294. The molecule has 2 rings (SSSR count). The molecule has 0 bridgehead atoms. The molecular formula is C12H18N4O2. The van der Waals surface area contributed by atoms with Crippen LogP contribution in [0.1, 0.15) is 30.3 Å². The summed E-state index contributed by atoms with van der Waals surface area (Å²) in [6.07, 6.45) is 1.92. The fraction of sp³-hybridized carbons (Fsp3) is 0.583. The smallest absolute Gasteiger partial charge is 0.274 e. The molecule has 2 N–H and O–H groups in total. The van der Waals surface area contributed by atoms with Crippen molar-refractivity contribution in [1.82, 2.24) is 20.4 Å². The van der Waals surface area contributed by atoms with Crippen molar-refractivity contribution in [2.75, 3.05) is 19.6 Å². The van der Waals surface area contributed by atoms with Crippen LogP contribution in [0.4, 0.5) is 0 Å². The maximum absolute atomic E-state index is 12.1. The predicted molar refractivity (Wildman–Crippen MR) is 67.5 cm³/mol. The van der Waals surface area contributed by atoms with Gasteiger partial charge >= 0.3 is 0 Å². The Kier molecular flexibility index (Phi) is 4.09. The highest BCUT2D eigenvalue weighted by atomic mass is 16.2. The number of hydrogen-bond acceptors (Lipinski definition) is 4. The summed E-state index contributed by atoms with van der Waals surface area (Å²) in [5, 5.41) is 9.44. The van der Waals surface area contributed by atoms with Crippen LogP contribution in [-0.4, -0.2) is 46.7 Å². The third-order valence-corrected chi connectivity index (χ3v) is 3.17. The predicted octanol–water partition coefficient (Wildman–Crippen LogP) is -0.0160. The number of nitrogens with zero attached hydrogens (tertiary/aromatic N) is 2. The van der Waals surface area contributed by atoms with Gasteiger partial charge in [-0.25, -0.2) is 5.10 Å². The first-order chi connectivity index (χ1) is 8.70. The Bertz CT molecular complexity index is 443. The van der Waals surface area contributed by atoms with Gasteiger partial charge in [-0.3, -0.25) is 9.59 Å². The van der Waals surface area contributed by atoms with E-state index in [1.807, 2.05) is 0 Å². The van der Waals surface area contributed by atoms with Crippen molar-refractivity contribution in [3.8, 4) is 0 Å². The molecule has 1 saturated heterocycles. The lowest BCUT2D eigenvalue weighted by atomic mass is 10.0. The second kappa shape index (κ2) is 5.77. The van der Waals surface area contributed by atoms with Crippen LogP contribution >= 0.6 is 0 Å². The Hall–Kier alpha value is -1.69. The van der Waals surface area contributed by atoms with Gasteiger partial charge in [0.15, 0.2) is 0 Å². The molecule has 1 aliphatic rings. The van der Waals surface area contributed by atoms with E-state index < -0.39 is 0 Å². The number of carbonyl (C=O) groups excluding carboxylic acids is 1. The SMILES string of the molecule is CCNC1CCN(C(=O)c2ccc(=O)[nH]n2)CC1. The molecule has 0 unspecified atom stereocenters. The zero-order chi connectivity index (χ0) is 13.0. The molecule has 6 heteroatoms. The number of piperidine rings is 1. The van der Waals surface area contributed by atoms with E-state index in [-0.39, 0.29) is 11.5 Å². The third kappa shape index (κ3) is 2.95. The van der Waals surface area contributed by atoms with E-state index in [2.05, 4.69) is 22.4 Å². The Morgan fingerprint density at radius 2 is 2.22 bits per heavy atom. The summed E-state index contributed by atoms with van der Waals surface area (Å²) in [5.74, 6) is -0.110. The number of likely N-dealkylation sites (tertiary alicyclic amines) is 1. The minimum Gasteiger partial charge on any atom is -0.337 e. The molecule has 2 heterocycles. The van der Waals surface area contributed by atoms with Crippen molar-refractivity contribution in [2.45, 2.75) is 25.8 Å². The van der Waals surface area contributed by atoms with Crippen LogP contribution in [0.15, 0.2) is 16.9 Å². The fourth-order valence-electron chi connectivity index (χ4n) is 2.20. The third-order valence-electron chi connectivity index (χ3n) is 3.17. The van der Waals surface area contributed by atoms with Gasteiger partial charge in [0.1, 0.15) is 5.69 Å².